The van der Waals surface area contributed by atoms with E-state index in [1.54, 1.807) is 0 Å². The minimum Gasteiger partial charge on any atom is -0.455 e. The minimum absolute atomic E-state index is 0.924. The largest absolute Gasteiger partial charge is 0.455 e. The maximum atomic E-state index is 6.27. The highest BCUT2D eigenvalue weighted by Crippen LogP contribution is 2.41. The van der Waals surface area contributed by atoms with Crippen LogP contribution in [0.1, 0.15) is 0 Å². The molecule has 40 heavy (non-hydrogen) atoms. The Bertz CT molecular complexity index is 2170. The van der Waals surface area contributed by atoms with Crippen molar-refractivity contribution in [3.8, 4) is 22.3 Å². The molecular weight excluding hydrogens is 506 g/mol. The molecule has 0 N–H and O–H groups in total. The van der Waals surface area contributed by atoms with Crippen molar-refractivity contribution in [1.29, 1.82) is 0 Å². The summed E-state index contributed by atoms with van der Waals surface area (Å²) in [6.45, 7) is 0. The Labute approximate surface area is 236 Å². The molecule has 2 aromatic heterocycles. The molecule has 2 heterocycles. The van der Waals surface area contributed by atoms with Crippen LogP contribution in [-0.2, 0) is 0 Å². The molecule has 3 heteroatoms. The zero-order valence-electron chi connectivity index (χ0n) is 22.0. The van der Waals surface area contributed by atoms with Crippen molar-refractivity contribution < 1.29 is 4.42 Å². The number of anilines is 2. The lowest BCUT2D eigenvalue weighted by atomic mass is 9.99. The van der Waals surface area contributed by atoms with E-state index in [2.05, 4.69) is 133 Å². The third-order valence-electron chi connectivity index (χ3n) is 7.94. The average molecular weight is 532 g/mol. The van der Waals surface area contributed by atoms with Gasteiger partial charge in [0.15, 0.2) is 0 Å². The van der Waals surface area contributed by atoms with Crippen LogP contribution in [0.2, 0.25) is 0 Å². The third kappa shape index (κ3) is 3.63. The molecule has 0 fully saturated rings. The summed E-state index contributed by atoms with van der Waals surface area (Å²) in [6.07, 6.45) is 0. The molecule has 2 nitrogen and oxygen atoms in total. The molecule has 0 radical (unpaired) electrons. The number of benzene rings is 6. The molecule has 0 amide bonds. The maximum absolute atomic E-state index is 6.27. The topological polar surface area (TPSA) is 16.4 Å². The molecule has 0 aliphatic carbocycles. The number of hydrogen-bond donors (Lipinski definition) is 0. The second kappa shape index (κ2) is 9.11. The van der Waals surface area contributed by atoms with E-state index in [0.717, 1.165) is 44.4 Å². The van der Waals surface area contributed by atoms with Gasteiger partial charge >= 0.3 is 0 Å². The number of rotatable bonds is 4. The molecule has 8 rings (SSSR count). The van der Waals surface area contributed by atoms with Crippen LogP contribution in [-0.4, -0.2) is 7.05 Å². The summed E-state index contributed by atoms with van der Waals surface area (Å²) in [5, 5.41) is 4.99. The lowest BCUT2D eigenvalue weighted by molar-refractivity contribution is 0.670. The van der Waals surface area contributed by atoms with E-state index in [9.17, 15) is 0 Å². The predicted molar refractivity (Wildman–Crippen MR) is 172 cm³/mol. The van der Waals surface area contributed by atoms with Crippen LogP contribution in [0.25, 0.3) is 64.4 Å². The second-order valence-electron chi connectivity index (χ2n) is 10.2. The molecule has 0 aliphatic rings. The molecule has 190 valence electrons. The molecule has 0 saturated carbocycles. The lowest BCUT2D eigenvalue weighted by Gasteiger charge is -2.20. The van der Waals surface area contributed by atoms with Crippen LogP contribution in [0, 0.1) is 0 Å². The van der Waals surface area contributed by atoms with Gasteiger partial charge in [0.05, 0.1) is 0 Å². The number of thiophene rings is 1. The van der Waals surface area contributed by atoms with E-state index in [4.69, 9.17) is 4.42 Å². The van der Waals surface area contributed by atoms with Crippen LogP contribution in [0.5, 0.6) is 0 Å². The SMILES string of the molecule is CN(c1ccc(-c2cccc3c2oc2ccccc23)cc1)c1ccc(-c2cccc3sc4ccccc4c23)cc1. The predicted octanol–water partition coefficient (Wildman–Crippen LogP) is 11.1. The van der Waals surface area contributed by atoms with Crippen molar-refractivity contribution in [3.63, 3.8) is 0 Å². The summed E-state index contributed by atoms with van der Waals surface area (Å²) in [6, 6.07) is 47.6. The fourth-order valence-electron chi connectivity index (χ4n) is 5.87. The summed E-state index contributed by atoms with van der Waals surface area (Å²) in [5.74, 6) is 0. The second-order valence-corrected chi connectivity index (χ2v) is 11.3. The molecule has 0 aliphatic heterocycles. The van der Waals surface area contributed by atoms with Gasteiger partial charge in [-0.25, -0.2) is 0 Å². The Balaban J connectivity index is 1.11. The van der Waals surface area contributed by atoms with Crippen molar-refractivity contribution in [2.45, 2.75) is 0 Å². The van der Waals surface area contributed by atoms with Crippen LogP contribution in [0.3, 0.4) is 0 Å². The van der Waals surface area contributed by atoms with Gasteiger partial charge in [0, 0.05) is 54.9 Å². The fraction of sp³-hybridized carbons (Fsp3) is 0.0270. The third-order valence-corrected chi connectivity index (χ3v) is 9.07. The Morgan fingerprint density at radius 3 is 1.85 bits per heavy atom. The van der Waals surface area contributed by atoms with E-state index in [0.29, 0.717) is 0 Å². The first-order valence-corrected chi connectivity index (χ1v) is 14.3. The van der Waals surface area contributed by atoms with E-state index in [1.165, 1.54) is 31.3 Å². The first-order chi connectivity index (χ1) is 19.7. The van der Waals surface area contributed by atoms with Crippen LogP contribution < -0.4 is 4.90 Å². The summed E-state index contributed by atoms with van der Waals surface area (Å²) in [7, 11) is 2.12. The maximum Gasteiger partial charge on any atom is 0.143 e. The fourth-order valence-corrected chi connectivity index (χ4v) is 7.00. The molecule has 8 aromatic rings. The number of nitrogens with zero attached hydrogens (tertiary/aromatic N) is 1. The Kier molecular flexibility index (Phi) is 5.26. The smallest absolute Gasteiger partial charge is 0.143 e. The van der Waals surface area contributed by atoms with Gasteiger partial charge in [0.25, 0.3) is 0 Å². The molecule has 6 aromatic carbocycles. The van der Waals surface area contributed by atoms with Gasteiger partial charge in [-0.3, -0.25) is 0 Å². The lowest BCUT2D eigenvalue weighted by Crippen LogP contribution is -2.08. The van der Waals surface area contributed by atoms with Gasteiger partial charge in [0.2, 0.25) is 0 Å². The van der Waals surface area contributed by atoms with Crippen LogP contribution in [0.4, 0.5) is 11.4 Å². The first-order valence-electron chi connectivity index (χ1n) is 13.5. The standard InChI is InChI=1S/C37H25NOS/c1-38(26-20-16-24(17-21-26)28-10-7-15-35-36(28)32-9-3-5-14-34(32)40-35)27-22-18-25(19-23-27)29-11-6-12-31-30-8-2-4-13-33(30)39-37(29)31/h2-23H,1H3. The molecule has 0 atom stereocenters. The highest BCUT2D eigenvalue weighted by atomic mass is 32.1. The van der Waals surface area contributed by atoms with E-state index in [-0.39, 0.29) is 0 Å². The number of furan rings is 1. The average Bonchev–Trinajstić information content (AvgIpc) is 3.59. The van der Waals surface area contributed by atoms with Gasteiger partial charge in [-0.1, -0.05) is 91.0 Å². The summed E-state index contributed by atoms with van der Waals surface area (Å²) in [5.41, 5.74) is 8.93. The van der Waals surface area contributed by atoms with Crippen LogP contribution in [0.15, 0.2) is 138 Å². The zero-order valence-corrected chi connectivity index (χ0v) is 22.8. The molecule has 0 spiro atoms. The van der Waals surface area contributed by atoms with Gasteiger partial charge in [0.1, 0.15) is 11.2 Å². The number of para-hydroxylation sites is 2. The van der Waals surface area contributed by atoms with Crippen molar-refractivity contribution in [2.75, 3.05) is 11.9 Å². The zero-order chi connectivity index (χ0) is 26.6. The Morgan fingerprint density at radius 1 is 0.500 bits per heavy atom. The highest BCUT2D eigenvalue weighted by molar-refractivity contribution is 7.25. The first kappa shape index (κ1) is 23.1. The van der Waals surface area contributed by atoms with E-state index < -0.39 is 0 Å². The summed E-state index contributed by atoms with van der Waals surface area (Å²) in [4.78, 5) is 2.23. The van der Waals surface area contributed by atoms with E-state index in [1.807, 2.05) is 23.5 Å². The van der Waals surface area contributed by atoms with Crippen molar-refractivity contribution in [1.82, 2.24) is 0 Å². The summed E-state index contributed by atoms with van der Waals surface area (Å²) >= 11 is 1.86. The molecule has 0 saturated heterocycles. The molecule has 0 unspecified atom stereocenters. The summed E-state index contributed by atoms with van der Waals surface area (Å²) < 4.78 is 8.93. The highest BCUT2D eigenvalue weighted by Gasteiger charge is 2.14. The van der Waals surface area contributed by atoms with Gasteiger partial charge in [-0.2, -0.15) is 0 Å². The quantitative estimate of drug-likeness (QED) is 0.225. The molecule has 0 bridgehead atoms. The Morgan fingerprint density at radius 2 is 1.07 bits per heavy atom. The Hall–Kier alpha value is -4.86. The monoisotopic (exact) mass is 531 g/mol. The van der Waals surface area contributed by atoms with Gasteiger partial charge in [-0.15, -0.1) is 11.3 Å². The number of fused-ring (bicyclic) bond motifs is 6. The minimum atomic E-state index is 0.924. The van der Waals surface area contributed by atoms with Crippen LogP contribution >= 0.6 is 11.3 Å². The number of hydrogen-bond acceptors (Lipinski definition) is 3. The van der Waals surface area contributed by atoms with E-state index >= 15 is 0 Å². The normalized spacial score (nSPS) is 11.6. The van der Waals surface area contributed by atoms with Crippen molar-refractivity contribution in [2.24, 2.45) is 0 Å². The van der Waals surface area contributed by atoms with Crippen molar-refractivity contribution in [3.05, 3.63) is 133 Å². The van der Waals surface area contributed by atoms with Gasteiger partial charge < -0.3 is 9.32 Å². The van der Waals surface area contributed by atoms with Crippen molar-refractivity contribution >= 4 is 64.8 Å². The molecular formula is C37H25NOS. The van der Waals surface area contributed by atoms with Gasteiger partial charge in [-0.05, 0) is 59.2 Å².